The Balaban J connectivity index is 1.89. The van der Waals surface area contributed by atoms with Gasteiger partial charge in [0.1, 0.15) is 5.75 Å². The molecule has 1 atom stereocenters. The lowest BCUT2D eigenvalue weighted by molar-refractivity contribution is -0.384. The van der Waals surface area contributed by atoms with Crippen molar-refractivity contribution < 1.29 is 14.5 Å². The van der Waals surface area contributed by atoms with Crippen LogP contribution in [0.15, 0.2) is 48.5 Å². The molecule has 0 radical (unpaired) electrons. The monoisotopic (exact) mass is 328 g/mol. The summed E-state index contributed by atoms with van der Waals surface area (Å²) < 4.78 is 5.29. The number of non-ortho nitro benzene ring substituents is 1. The van der Waals surface area contributed by atoms with Gasteiger partial charge in [-0.05, 0) is 36.1 Å². The minimum absolute atomic E-state index is 0.0754. The lowest BCUT2D eigenvalue weighted by Gasteiger charge is -2.11. The molecule has 1 N–H and O–H groups in total. The first-order valence-electron chi connectivity index (χ1n) is 7.76. The second-order valence-corrected chi connectivity index (χ2v) is 5.52. The number of nitro benzene ring substituents is 1. The third kappa shape index (κ3) is 4.81. The topological polar surface area (TPSA) is 81.5 Å². The second kappa shape index (κ2) is 8.10. The molecule has 6 nitrogen and oxygen atoms in total. The number of carbonyl (C=O) groups is 1. The van der Waals surface area contributed by atoms with Gasteiger partial charge in [0.15, 0.2) is 6.61 Å². The molecule has 2 aromatic rings. The fourth-order valence-electron chi connectivity index (χ4n) is 2.16. The predicted octanol–water partition coefficient (Wildman–Crippen LogP) is 4.13. The number of hydrogen-bond donors (Lipinski definition) is 1. The molecule has 6 heteroatoms. The highest BCUT2D eigenvalue weighted by molar-refractivity contribution is 5.91. The summed E-state index contributed by atoms with van der Waals surface area (Å²) in [5, 5.41) is 13.4. The Labute approximate surface area is 140 Å². The van der Waals surface area contributed by atoms with Gasteiger partial charge in [0.05, 0.1) is 11.0 Å². The highest BCUT2D eigenvalue weighted by Gasteiger charge is 2.09. The maximum atomic E-state index is 11.9. The average Bonchev–Trinajstić information content (AvgIpc) is 2.60. The van der Waals surface area contributed by atoms with Gasteiger partial charge < -0.3 is 10.1 Å². The Morgan fingerprint density at radius 2 is 1.96 bits per heavy atom. The van der Waals surface area contributed by atoms with Gasteiger partial charge in [-0.15, -0.1) is 0 Å². The van der Waals surface area contributed by atoms with E-state index in [0.29, 0.717) is 11.6 Å². The highest BCUT2D eigenvalue weighted by Crippen LogP contribution is 2.21. The molecule has 0 aromatic heterocycles. The Hall–Kier alpha value is -2.89. The minimum atomic E-state index is -0.508. The van der Waals surface area contributed by atoms with Crippen LogP contribution in [0.1, 0.15) is 31.7 Å². The molecule has 0 saturated carbocycles. The number of nitrogens with one attached hydrogen (secondary N) is 1. The van der Waals surface area contributed by atoms with Crippen LogP contribution >= 0.6 is 0 Å². The molecule has 0 aliphatic heterocycles. The lowest BCUT2D eigenvalue weighted by atomic mass is 9.99. The fourth-order valence-corrected chi connectivity index (χ4v) is 2.16. The van der Waals surface area contributed by atoms with Crippen LogP contribution in [-0.4, -0.2) is 17.4 Å². The van der Waals surface area contributed by atoms with E-state index in [-0.39, 0.29) is 24.0 Å². The third-order valence-corrected chi connectivity index (χ3v) is 3.77. The van der Waals surface area contributed by atoms with Crippen LogP contribution in [0.2, 0.25) is 0 Å². The maximum Gasteiger partial charge on any atom is 0.273 e. The maximum absolute atomic E-state index is 11.9. The van der Waals surface area contributed by atoms with E-state index in [9.17, 15) is 14.9 Å². The predicted molar refractivity (Wildman–Crippen MR) is 92.4 cm³/mol. The van der Waals surface area contributed by atoms with Crippen molar-refractivity contribution in [1.29, 1.82) is 0 Å². The van der Waals surface area contributed by atoms with Crippen molar-refractivity contribution in [3.05, 3.63) is 64.2 Å². The molecule has 0 fully saturated rings. The van der Waals surface area contributed by atoms with E-state index < -0.39 is 4.92 Å². The van der Waals surface area contributed by atoms with E-state index in [0.717, 1.165) is 6.42 Å². The van der Waals surface area contributed by atoms with Gasteiger partial charge in [-0.3, -0.25) is 14.9 Å². The molecule has 0 aliphatic carbocycles. The van der Waals surface area contributed by atoms with Crippen molar-refractivity contribution in [2.45, 2.75) is 26.2 Å². The summed E-state index contributed by atoms with van der Waals surface area (Å²) in [6, 6.07) is 13.4. The number of anilines is 1. The first kappa shape index (κ1) is 17.5. The number of rotatable bonds is 7. The van der Waals surface area contributed by atoms with Crippen molar-refractivity contribution >= 4 is 17.3 Å². The second-order valence-electron chi connectivity index (χ2n) is 5.52. The van der Waals surface area contributed by atoms with E-state index in [1.54, 1.807) is 6.07 Å². The number of carbonyl (C=O) groups excluding carboxylic acids is 1. The summed E-state index contributed by atoms with van der Waals surface area (Å²) in [4.78, 5) is 22.1. The van der Waals surface area contributed by atoms with E-state index in [1.807, 2.05) is 24.3 Å². The Morgan fingerprint density at radius 3 is 2.58 bits per heavy atom. The van der Waals surface area contributed by atoms with Crippen LogP contribution in [0.3, 0.4) is 0 Å². The summed E-state index contributed by atoms with van der Waals surface area (Å²) in [5.74, 6) is 0.441. The van der Waals surface area contributed by atoms with Crippen molar-refractivity contribution in [2.24, 2.45) is 0 Å². The zero-order valence-corrected chi connectivity index (χ0v) is 13.7. The Kier molecular flexibility index (Phi) is 5.89. The smallest absolute Gasteiger partial charge is 0.273 e. The van der Waals surface area contributed by atoms with E-state index in [2.05, 4.69) is 19.2 Å². The van der Waals surface area contributed by atoms with Gasteiger partial charge in [-0.25, -0.2) is 0 Å². The molecule has 126 valence electrons. The Bertz CT molecular complexity index is 713. The van der Waals surface area contributed by atoms with E-state index >= 15 is 0 Å². The van der Waals surface area contributed by atoms with Crippen LogP contribution < -0.4 is 10.1 Å². The molecule has 0 bridgehead atoms. The number of ether oxygens (including phenoxy) is 1. The van der Waals surface area contributed by atoms with Crippen molar-refractivity contribution in [3.63, 3.8) is 0 Å². The largest absolute Gasteiger partial charge is 0.484 e. The van der Waals surface area contributed by atoms with Gasteiger partial charge in [0, 0.05) is 11.8 Å². The number of benzene rings is 2. The normalized spacial score (nSPS) is 11.6. The van der Waals surface area contributed by atoms with Crippen LogP contribution in [0.25, 0.3) is 0 Å². The standard InChI is InChI=1S/C18H20N2O4/c1-3-13(2)14-7-9-15(10-8-14)19-18(21)12-24-17-6-4-5-16(11-17)20(22)23/h4-11,13H,3,12H2,1-2H3,(H,19,21)/t13-/m1/s1. The molecule has 2 rings (SSSR count). The molecule has 0 saturated heterocycles. The summed E-state index contributed by atoms with van der Waals surface area (Å²) >= 11 is 0. The average molecular weight is 328 g/mol. The minimum Gasteiger partial charge on any atom is -0.484 e. The number of amides is 1. The van der Waals surface area contributed by atoms with Crippen LogP contribution in [0, 0.1) is 10.1 Å². The molecule has 2 aromatic carbocycles. The molecule has 0 aliphatic rings. The zero-order chi connectivity index (χ0) is 17.5. The third-order valence-electron chi connectivity index (χ3n) is 3.77. The summed E-state index contributed by atoms with van der Waals surface area (Å²) in [5.41, 5.74) is 1.84. The van der Waals surface area contributed by atoms with Gasteiger partial charge in [-0.1, -0.05) is 32.0 Å². The lowest BCUT2D eigenvalue weighted by Crippen LogP contribution is -2.20. The van der Waals surface area contributed by atoms with Crippen LogP contribution in [-0.2, 0) is 4.79 Å². The van der Waals surface area contributed by atoms with Crippen LogP contribution in [0.5, 0.6) is 5.75 Å². The number of nitrogens with zero attached hydrogens (tertiary/aromatic N) is 1. The molecule has 0 unspecified atom stereocenters. The molecular weight excluding hydrogens is 308 g/mol. The first-order valence-corrected chi connectivity index (χ1v) is 7.76. The molecule has 24 heavy (non-hydrogen) atoms. The fraction of sp³-hybridized carbons (Fsp3) is 0.278. The van der Waals surface area contributed by atoms with E-state index in [4.69, 9.17) is 4.74 Å². The summed E-state index contributed by atoms with van der Waals surface area (Å²) in [6.45, 7) is 4.07. The van der Waals surface area contributed by atoms with Crippen LogP contribution in [0.4, 0.5) is 11.4 Å². The number of nitro groups is 1. The van der Waals surface area contributed by atoms with Gasteiger partial charge in [-0.2, -0.15) is 0 Å². The highest BCUT2D eigenvalue weighted by atomic mass is 16.6. The molecular formula is C18H20N2O4. The van der Waals surface area contributed by atoms with Gasteiger partial charge in [0.2, 0.25) is 0 Å². The molecule has 0 spiro atoms. The van der Waals surface area contributed by atoms with Crippen molar-refractivity contribution in [3.8, 4) is 5.75 Å². The SMILES string of the molecule is CC[C@@H](C)c1ccc(NC(=O)COc2cccc([N+](=O)[O-])c2)cc1. The van der Waals surface area contributed by atoms with Crippen molar-refractivity contribution in [2.75, 3.05) is 11.9 Å². The van der Waals surface area contributed by atoms with Gasteiger partial charge in [0.25, 0.3) is 11.6 Å². The van der Waals surface area contributed by atoms with Gasteiger partial charge >= 0.3 is 0 Å². The molecule has 1 amide bonds. The quantitative estimate of drug-likeness (QED) is 0.612. The van der Waals surface area contributed by atoms with E-state index in [1.165, 1.54) is 23.8 Å². The Morgan fingerprint density at radius 1 is 1.25 bits per heavy atom. The van der Waals surface area contributed by atoms with Crippen molar-refractivity contribution in [1.82, 2.24) is 0 Å². The summed E-state index contributed by atoms with van der Waals surface area (Å²) in [7, 11) is 0. The molecule has 0 heterocycles. The summed E-state index contributed by atoms with van der Waals surface area (Å²) in [6.07, 6.45) is 1.06. The zero-order valence-electron chi connectivity index (χ0n) is 13.7. The number of hydrogen-bond acceptors (Lipinski definition) is 4. The first-order chi connectivity index (χ1) is 11.5.